The van der Waals surface area contributed by atoms with Crippen LogP contribution >= 0.6 is 23.4 Å². The van der Waals surface area contributed by atoms with Gasteiger partial charge in [-0.05, 0) is 135 Å². The van der Waals surface area contributed by atoms with E-state index in [0.717, 1.165) is 66.8 Å². The first-order valence-corrected chi connectivity index (χ1v) is 23.1. The molecule has 1 spiro atoms. The number of thioether (sulfide) groups is 1. The summed E-state index contributed by atoms with van der Waals surface area (Å²) in [5.41, 5.74) is 3.63. The smallest absolute Gasteiger partial charge is 0.335 e. The Labute approximate surface area is 314 Å². The highest BCUT2D eigenvalue weighted by Gasteiger charge is 2.49. The van der Waals surface area contributed by atoms with Gasteiger partial charge >= 0.3 is 5.97 Å². The minimum atomic E-state index is -2.08. The molecule has 2 saturated carbocycles. The highest BCUT2D eigenvalue weighted by molar-refractivity contribution is 7.99. The first kappa shape index (κ1) is 36.8. The molecular weight excluding hydrogens is 694 g/mol. The summed E-state index contributed by atoms with van der Waals surface area (Å²) in [6.07, 6.45) is 14.0. The van der Waals surface area contributed by atoms with Crippen molar-refractivity contribution >= 4 is 43.3 Å². The van der Waals surface area contributed by atoms with Crippen LogP contribution in [0.15, 0.2) is 60.0 Å². The Morgan fingerprint density at radius 2 is 1.92 bits per heavy atom. The third-order valence-electron chi connectivity index (χ3n) is 12.8. The van der Waals surface area contributed by atoms with Crippen LogP contribution in [0.2, 0.25) is 23.2 Å². The van der Waals surface area contributed by atoms with E-state index in [1.54, 1.807) is 6.07 Å². The van der Waals surface area contributed by atoms with Crippen LogP contribution in [0.4, 0.5) is 5.69 Å². The standard InChI is InChI=1S/C41H54ClN3O4SSi/c1-40(2,3)51(4,5)49-37(28-9-6-11-32(22-28)50-39-43-19-8-20-44-39)33-15-12-30(33)24-45-25-41(18-7-10-27-21-31(42)14-16-34(27)41)26-48-36-17-13-29(38(46)47)23-35(36)45/h8,13-14,16-17,19-21,23,28,30,32-33,37H,6-7,9-12,15,18,22,24-26H2,1-5H3,(H,46,47)/t28-,30+,32-,33-,37-,41?/m1/s1. The molecule has 3 aliphatic carbocycles. The maximum atomic E-state index is 12.2. The number of aromatic nitrogens is 2. The van der Waals surface area contributed by atoms with Gasteiger partial charge in [-0.1, -0.05) is 56.6 Å². The number of rotatable bonds is 9. The molecule has 2 aromatic carbocycles. The number of aryl methyl sites for hydroxylation is 1. The number of anilines is 1. The Morgan fingerprint density at radius 3 is 2.65 bits per heavy atom. The third-order valence-corrected chi connectivity index (χ3v) is 18.7. The molecule has 3 aromatic rings. The predicted molar refractivity (Wildman–Crippen MR) is 209 cm³/mol. The molecule has 1 N–H and O–H groups in total. The second-order valence-electron chi connectivity index (χ2n) is 17.1. The van der Waals surface area contributed by atoms with Crippen molar-refractivity contribution in [1.29, 1.82) is 0 Å². The fourth-order valence-corrected chi connectivity index (χ4v) is 11.7. The fourth-order valence-electron chi connectivity index (χ4n) is 8.92. The lowest BCUT2D eigenvalue weighted by molar-refractivity contribution is -0.0225. The average Bonchev–Trinajstić information content (AvgIpc) is 3.23. The van der Waals surface area contributed by atoms with Crippen LogP contribution in [0.3, 0.4) is 0 Å². The normalized spacial score (nSPS) is 27.1. The first-order chi connectivity index (χ1) is 24.3. The second kappa shape index (κ2) is 14.7. The summed E-state index contributed by atoms with van der Waals surface area (Å²) in [7, 11) is -2.08. The monoisotopic (exact) mass is 747 g/mol. The van der Waals surface area contributed by atoms with Gasteiger partial charge in [0.2, 0.25) is 0 Å². The highest BCUT2D eigenvalue weighted by Crippen LogP contribution is 2.51. The van der Waals surface area contributed by atoms with Crippen LogP contribution in [0.25, 0.3) is 0 Å². The maximum absolute atomic E-state index is 12.2. The molecule has 1 unspecified atom stereocenters. The highest BCUT2D eigenvalue weighted by atomic mass is 35.5. The molecule has 0 saturated heterocycles. The van der Waals surface area contributed by atoms with E-state index in [1.165, 1.54) is 36.8 Å². The summed E-state index contributed by atoms with van der Waals surface area (Å²) in [6, 6.07) is 13.6. The van der Waals surface area contributed by atoms with Gasteiger partial charge in [0, 0.05) is 41.2 Å². The molecule has 10 heteroatoms. The van der Waals surface area contributed by atoms with Crippen LogP contribution < -0.4 is 9.64 Å². The summed E-state index contributed by atoms with van der Waals surface area (Å²) in [4.78, 5) is 23.8. The summed E-state index contributed by atoms with van der Waals surface area (Å²) >= 11 is 8.34. The lowest BCUT2D eigenvalue weighted by atomic mass is 9.65. The number of ether oxygens (including phenoxy) is 1. The van der Waals surface area contributed by atoms with Gasteiger partial charge in [0.05, 0.1) is 24.0 Å². The second-order valence-corrected chi connectivity index (χ2v) is 23.6. The number of fused-ring (bicyclic) bond motifs is 3. The van der Waals surface area contributed by atoms with Gasteiger partial charge in [-0.2, -0.15) is 0 Å². The summed E-state index contributed by atoms with van der Waals surface area (Å²) in [5.74, 6) is 1.24. The summed E-state index contributed by atoms with van der Waals surface area (Å²) in [5, 5.41) is 12.3. The van der Waals surface area contributed by atoms with Crippen LogP contribution in [-0.2, 0) is 16.3 Å². The van der Waals surface area contributed by atoms with Gasteiger partial charge in [-0.3, -0.25) is 0 Å². The molecule has 0 amide bonds. The van der Waals surface area contributed by atoms with E-state index in [1.807, 2.05) is 48.4 Å². The van der Waals surface area contributed by atoms with Gasteiger partial charge in [-0.25, -0.2) is 14.8 Å². The van der Waals surface area contributed by atoms with Gasteiger partial charge in [-0.15, -0.1) is 0 Å². The largest absolute Gasteiger partial charge is 0.490 e. The van der Waals surface area contributed by atoms with Crippen molar-refractivity contribution in [2.75, 3.05) is 24.6 Å². The van der Waals surface area contributed by atoms with E-state index in [9.17, 15) is 9.90 Å². The minimum absolute atomic E-state index is 0.114. The zero-order chi connectivity index (χ0) is 36.0. The van der Waals surface area contributed by atoms with Crippen molar-refractivity contribution < 1.29 is 19.1 Å². The minimum Gasteiger partial charge on any atom is -0.490 e. The number of benzene rings is 2. The molecule has 1 aromatic heterocycles. The van der Waals surface area contributed by atoms with Crippen molar-refractivity contribution in [1.82, 2.24) is 9.97 Å². The molecule has 274 valence electrons. The molecule has 7 nitrogen and oxygen atoms in total. The third kappa shape index (κ3) is 7.74. The molecule has 0 radical (unpaired) electrons. The Balaban J connectivity index is 1.20. The summed E-state index contributed by atoms with van der Waals surface area (Å²) in [6.45, 7) is 14.1. The molecule has 7 rings (SSSR count). The number of hydrogen-bond donors (Lipinski definition) is 1. The summed E-state index contributed by atoms with van der Waals surface area (Å²) < 4.78 is 14.2. The number of hydrogen-bond acceptors (Lipinski definition) is 7. The van der Waals surface area contributed by atoms with Crippen molar-refractivity contribution in [3.63, 3.8) is 0 Å². The lowest BCUT2D eigenvalue weighted by Gasteiger charge is -2.52. The Kier molecular flexibility index (Phi) is 10.6. The number of carboxylic acid groups (broad SMARTS) is 1. The van der Waals surface area contributed by atoms with Crippen molar-refractivity contribution in [3.05, 3.63) is 76.6 Å². The van der Waals surface area contributed by atoms with Crippen molar-refractivity contribution in [2.24, 2.45) is 17.8 Å². The fraction of sp³-hybridized carbons (Fsp3) is 0.585. The van der Waals surface area contributed by atoms with Crippen LogP contribution in [0, 0.1) is 17.8 Å². The molecule has 0 bridgehead atoms. The topological polar surface area (TPSA) is 84.8 Å². The molecule has 6 atom stereocenters. The predicted octanol–water partition coefficient (Wildman–Crippen LogP) is 10.1. The Morgan fingerprint density at radius 1 is 1.12 bits per heavy atom. The van der Waals surface area contributed by atoms with Crippen LogP contribution in [-0.4, -0.2) is 60.4 Å². The molecule has 2 heterocycles. The first-order valence-electron chi connectivity index (χ1n) is 19.0. The number of nitrogens with zero attached hydrogens (tertiary/aromatic N) is 3. The average molecular weight is 749 g/mol. The zero-order valence-electron chi connectivity index (χ0n) is 30.9. The van der Waals surface area contributed by atoms with Gasteiger partial charge < -0.3 is 19.2 Å². The Bertz CT molecular complexity index is 1720. The number of carboxylic acids is 1. The molecule has 4 aliphatic rings. The van der Waals surface area contributed by atoms with Crippen molar-refractivity contribution in [2.45, 2.75) is 119 Å². The molecule has 2 fully saturated rings. The maximum Gasteiger partial charge on any atom is 0.335 e. The van der Waals surface area contributed by atoms with E-state index in [4.69, 9.17) is 20.8 Å². The number of halogens is 1. The molecular formula is C41H54ClN3O4SSi. The van der Waals surface area contributed by atoms with E-state index >= 15 is 0 Å². The van der Waals surface area contributed by atoms with Gasteiger partial charge in [0.25, 0.3) is 0 Å². The molecule has 1 aliphatic heterocycles. The zero-order valence-corrected chi connectivity index (χ0v) is 33.4. The van der Waals surface area contributed by atoms with E-state index in [-0.39, 0.29) is 16.6 Å². The van der Waals surface area contributed by atoms with Gasteiger partial charge in [0.15, 0.2) is 13.5 Å². The lowest BCUT2D eigenvalue weighted by Crippen LogP contribution is -2.54. The SMILES string of the molecule is CC(C)(C)[Si](C)(C)O[C@H]([C@@H]1CCC[C@@H](Sc2ncccn2)C1)[C@@H]1CC[C@H]1CN1CC2(CCCc3cc(Cl)ccc32)COc2ccc(C(=O)O)cc21. The van der Waals surface area contributed by atoms with Crippen LogP contribution in [0.1, 0.15) is 93.6 Å². The number of aromatic carboxylic acids is 1. The molecule has 51 heavy (non-hydrogen) atoms. The van der Waals surface area contributed by atoms with E-state index in [2.05, 4.69) is 60.9 Å². The quantitative estimate of drug-likeness (QED) is 0.171. The van der Waals surface area contributed by atoms with E-state index in [0.29, 0.717) is 35.2 Å². The Hall–Kier alpha value is -2.59. The number of carbonyl (C=O) groups is 1. The van der Waals surface area contributed by atoms with Crippen molar-refractivity contribution in [3.8, 4) is 5.75 Å². The van der Waals surface area contributed by atoms with E-state index < -0.39 is 14.3 Å². The van der Waals surface area contributed by atoms with Gasteiger partial charge in [0.1, 0.15) is 5.75 Å². The van der Waals surface area contributed by atoms with Crippen LogP contribution in [0.5, 0.6) is 5.75 Å².